The Labute approximate surface area is 91.7 Å². The Morgan fingerprint density at radius 2 is 2.07 bits per heavy atom. The van der Waals surface area contributed by atoms with Gasteiger partial charge in [0.25, 0.3) is 0 Å². The lowest BCUT2D eigenvalue weighted by atomic mass is 10.2. The van der Waals surface area contributed by atoms with Crippen LogP contribution in [0, 0.1) is 12.3 Å². The van der Waals surface area contributed by atoms with Gasteiger partial charge in [-0.15, -0.1) is 6.42 Å². The first-order valence-corrected chi connectivity index (χ1v) is 6.63. The van der Waals surface area contributed by atoms with Crippen LogP contribution in [0.25, 0.3) is 0 Å². The van der Waals surface area contributed by atoms with Crippen molar-refractivity contribution in [1.29, 1.82) is 0 Å². The molecule has 0 radical (unpaired) electrons. The molecular formula is C10H17NO3S. The largest absolute Gasteiger partial charge is 0.381 e. The molecule has 5 heteroatoms. The summed E-state index contributed by atoms with van der Waals surface area (Å²) >= 11 is 0. The van der Waals surface area contributed by atoms with E-state index in [-0.39, 0.29) is 11.8 Å². The Morgan fingerprint density at radius 3 is 2.53 bits per heavy atom. The molecule has 4 nitrogen and oxygen atoms in total. The molecule has 0 aliphatic carbocycles. The third-order valence-corrected chi connectivity index (χ3v) is 4.99. The molecule has 15 heavy (non-hydrogen) atoms. The van der Waals surface area contributed by atoms with E-state index in [1.807, 2.05) is 0 Å². The zero-order valence-electron chi connectivity index (χ0n) is 8.98. The fourth-order valence-electron chi connectivity index (χ4n) is 1.67. The average Bonchev–Trinajstić information content (AvgIpc) is 2.27. The van der Waals surface area contributed by atoms with Crippen LogP contribution in [-0.2, 0) is 14.8 Å². The van der Waals surface area contributed by atoms with Gasteiger partial charge >= 0.3 is 0 Å². The summed E-state index contributed by atoms with van der Waals surface area (Å²) in [6.07, 6.45) is 6.30. The number of hydrogen-bond acceptors (Lipinski definition) is 3. The molecule has 1 fully saturated rings. The predicted molar refractivity (Wildman–Crippen MR) is 58.8 cm³/mol. The number of nitrogens with zero attached hydrogens (tertiary/aromatic N) is 1. The number of ether oxygens (including phenoxy) is 1. The van der Waals surface area contributed by atoms with Gasteiger partial charge in [-0.25, -0.2) is 8.42 Å². The molecule has 1 heterocycles. The molecule has 0 aromatic rings. The SMILES string of the molecule is C#CCN(CC)S(=O)(=O)C1CCOCC1. The molecule has 0 N–H and O–H groups in total. The highest BCUT2D eigenvalue weighted by Gasteiger charge is 2.31. The van der Waals surface area contributed by atoms with Gasteiger partial charge < -0.3 is 4.74 Å². The summed E-state index contributed by atoms with van der Waals surface area (Å²) in [5.74, 6) is 2.38. The predicted octanol–water partition coefficient (Wildman–Crippen LogP) is 0.450. The minimum Gasteiger partial charge on any atom is -0.381 e. The van der Waals surface area contributed by atoms with E-state index in [0.29, 0.717) is 32.6 Å². The second-order valence-electron chi connectivity index (χ2n) is 3.49. The van der Waals surface area contributed by atoms with Crippen molar-refractivity contribution in [2.75, 3.05) is 26.3 Å². The maximum Gasteiger partial charge on any atom is 0.218 e. The van der Waals surface area contributed by atoms with Gasteiger partial charge in [-0.05, 0) is 12.8 Å². The van der Waals surface area contributed by atoms with Crippen molar-refractivity contribution in [2.45, 2.75) is 25.0 Å². The van der Waals surface area contributed by atoms with E-state index < -0.39 is 10.0 Å². The molecule has 86 valence electrons. The van der Waals surface area contributed by atoms with E-state index in [1.165, 1.54) is 4.31 Å². The molecule has 1 rings (SSSR count). The van der Waals surface area contributed by atoms with Gasteiger partial charge in [0.05, 0.1) is 11.8 Å². The fraction of sp³-hybridized carbons (Fsp3) is 0.800. The third kappa shape index (κ3) is 2.94. The van der Waals surface area contributed by atoms with Gasteiger partial charge in [0.2, 0.25) is 10.0 Å². The Morgan fingerprint density at radius 1 is 1.47 bits per heavy atom. The highest BCUT2D eigenvalue weighted by molar-refractivity contribution is 7.89. The summed E-state index contributed by atoms with van der Waals surface area (Å²) in [5.41, 5.74) is 0. The van der Waals surface area contributed by atoms with Crippen LogP contribution >= 0.6 is 0 Å². The summed E-state index contributed by atoms with van der Waals surface area (Å²) in [7, 11) is -3.23. The topological polar surface area (TPSA) is 46.6 Å². The second kappa shape index (κ2) is 5.50. The molecule has 0 spiro atoms. The lowest BCUT2D eigenvalue weighted by Crippen LogP contribution is -2.41. The number of hydrogen-bond donors (Lipinski definition) is 0. The Kier molecular flexibility index (Phi) is 4.58. The minimum atomic E-state index is -3.23. The van der Waals surface area contributed by atoms with Crippen molar-refractivity contribution in [3.63, 3.8) is 0 Å². The van der Waals surface area contributed by atoms with Crippen LogP contribution < -0.4 is 0 Å². The first-order valence-electron chi connectivity index (χ1n) is 5.13. The maximum atomic E-state index is 12.1. The summed E-state index contributed by atoms with van der Waals surface area (Å²) in [6, 6.07) is 0. The molecule has 0 amide bonds. The maximum absolute atomic E-state index is 12.1. The number of sulfonamides is 1. The minimum absolute atomic E-state index is 0.163. The van der Waals surface area contributed by atoms with Gasteiger partial charge in [-0.1, -0.05) is 12.8 Å². The quantitative estimate of drug-likeness (QED) is 0.660. The summed E-state index contributed by atoms with van der Waals surface area (Å²) < 4.78 is 30.7. The van der Waals surface area contributed by atoms with Crippen molar-refractivity contribution in [1.82, 2.24) is 4.31 Å². The standard InChI is InChI=1S/C10H17NO3S/c1-3-7-11(4-2)15(12,13)10-5-8-14-9-6-10/h1,10H,4-9H2,2H3. The molecule has 1 aliphatic rings. The van der Waals surface area contributed by atoms with E-state index >= 15 is 0 Å². The summed E-state index contributed by atoms with van der Waals surface area (Å²) in [6.45, 7) is 3.45. The van der Waals surface area contributed by atoms with Gasteiger partial charge in [0, 0.05) is 19.8 Å². The van der Waals surface area contributed by atoms with Crippen LogP contribution in [0.15, 0.2) is 0 Å². The first kappa shape index (κ1) is 12.5. The van der Waals surface area contributed by atoms with Gasteiger partial charge in [-0.3, -0.25) is 0 Å². The normalized spacial score (nSPS) is 19.0. The van der Waals surface area contributed by atoms with E-state index in [2.05, 4.69) is 5.92 Å². The molecule has 0 aromatic carbocycles. The Balaban J connectivity index is 2.75. The molecule has 0 atom stereocenters. The molecule has 0 saturated carbocycles. The monoisotopic (exact) mass is 231 g/mol. The van der Waals surface area contributed by atoms with Crippen LogP contribution in [0.2, 0.25) is 0 Å². The van der Waals surface area contributed by atoms with Gasteiger partial charge in [-0.2, -0.15) is 4.31 Å². The van der Waals surface area contributed by atoms with Crippen LogP contribution in [0.3, 0.4) is 0 Å². The number of terminal acetylenes is 1. The first-order chi connectivity index (χ1) is 7.12. The molecular weight excluding hydrogens is 214 g/mol. The van der Waals surface area contributed by atoms with E-state index in [4.69, 9.17) is 11.2 Å². The van der Waals surface area contributed by atoms with E-state index in [9.17, 15) is 8.42 Å². The van der Waals surface area contributed by atoms with Gasteiger partial charge in [0.15, 0.2) is 0 Å². The van der Waals surface area contributed by atoms with Crippen molar-refractivity contribution in [3.8, 4) is 12.3 Å². The highest BCUT2D eigenvalue weighted by atomic mass is 32.2. The third-order valence-electron chi connectivity index (χ3n) is 2.57. The van der Waals surface area contributed by atoms with Crippen molar-refractivity contribution >= 4 is 10.0 Å². The fourth-order valence-corrected chi connectivity index (χ4v) is 3.49. The van der Waals surface area contributed by atoms with Crippen molar-refractivity contribution < 1.29 is 13.2 Å². The number of rotatable bonds is 4. The molecule has 1 aliphatic heterocycles. The molecule has 0 bridgehead atoms. The highest BCUT2D eigenvalue weighted by Crippen LogP contribution is 2.19. The smallest absolute Gasteiger partial charge is 0.218 e. The zero-order chi connectivity index (χ0) is 11.3. The van der Waals surface area contributed by atoms with E-state index in [1.54, 1.807) is 6.92 Å². The van der Waals surface area contributed by atoms with Gasteiger partial charge in [0.1, 0.15) is 0 Å². The lowest BCUT2D eigenvalue weighted by Gasteiger charge is -2.27. The van der Waals surface area contributed by atoms with Crippen molar-refractivity contribution in [2.24, 2.45) is 0 Å². The summed E-state index contributed by atoms with van der Waals surface area (Å²) in [5, 5.41) is -0.320. The molecule has 0 aromatic heterocycles. The van der Waals surface area contributed by atoms with Crippen LogP contribution in [0.1, 0.15) is 19.8 Å². The second-order valence-corrected chi connectivity index (χ2v) is 5.70. The van der Waals surface area contributed by atoms with Crippen LogP contribution in [-0.4, -0.2) is 44.3 Å². The molecule has 1 saturated heterocycles. The summed E-state index contributed by atoms with van der Waals surface area (Å²) in [4.78, 5) is 0. The Hall–Kier alpha value is -0.570. The zero-order valence-corrected chi connectivity index (χ0v) is 9.79. The lowest BCUT2D eigenvalue weighted by molar-refractivity contribution is 0.0973. The average molecular weight is 231 g/mol. The van der Waals surface area contributed by atoms with E-state index in [0.717, 1.165) is 0 Å². The van der Waals surface area contributed by atoms with Crippen LogP contribution in [0.4, 0.5) is 0 Å². The van der Waals surface area contributed by atoms with Crippen LogP contribution in [0.5, 0.6) is 0 Å². The van der Waals surface area contributed by atoms with Crippen molar-refractivity contribution in [3.05, 3.63) is 0 Å². The Bertz CT molecular complexity index is 325. The molecule has 0 unspecified atom stereocenters.